The number of nitrogens with zero attached hydrogens (tertiary/aromatic N) is 2. The first-order chi connectivity index (χ1) is 9.28. The summed E-state index contributed by atoms with van der Waals surface area (Å²) in [6.45, 7) is 0. The van der Waals surface area contributed by atoms with E-state index in [-0.39, 0.29) is 11.8 Å². The van der Waals surface area contributed by atoms with E-state index in [0.717, 1.165) is 35.0 Å². The van der Waals surface area contributed by atoms with E-state index in [4.69, 9.17) is 5.21 Å². The third kappa shape index (κ3) is 2.20. The number of aromatic nitrogens is 2. The topological polar surface area (TPSA) is 75.1 Å². The third-order valence-corrected chi connectivity index (χ3v) is 3.41. The zero-order chi connectivity index (χ0) is 13.2. The summed E-state index contributed by atoms with van der Waals surface area (Å²) in [6, 6.07) is 5.90. The first-order valence-corrected chi connectivity index (χ1v) is 6.14. The van der Waals surface area contributed by atoms with Gasteiger partial charge >= 0.3 is 0 Å². The van der Waals surface area contributed by atoms with Crippen LogP contribution in [0.2, 0.25) is 0 Å². The van der Waals surface area contributed by atoms with Gasteiger partial charge in [0.05, 0.1) is 17.0 Å². The summed E-state index contributed by atoms with van der Waals surface area (Å²) < 4.78 is 0. The van der Waals surface area contributed by atoms with Gasteiger partial charge in [-0.2, -0.15) is 0 Å². The van der Waals surface area contributed by atoms with E-state index in [0.29, 0.717) is 0 Å². The molecule has 0 saturated heterocycles. The quantitative estimate of drug-likeness (QED) is 0.635. The monoisotopic (exact) mass is 255 g/mol. The SMILES string of the molecule is O=C(NO)C1C=C(c2ccc3nccnc3c2)CC1. The van der Waals surface area contributed by atoms with Crippen molar-refractivity contribution in [2.45, 2.75) is 12.8 Å². The lowest BCUT2D eigenvalue weighted by atomic mass is 10.0. The molecule has 19 heavy (non-hydrogen) atoms. The molecule has 1 aliphatic carbocycles. The van der Waals surface area contributed by atoms with E-state index in [1.807, 2.05) is 24.3 Å². The number of carbonyl (C=O) groups is 1. The Morgan fingerprint density at radius 2 is 2.05 bits per heavy atom. The van der Waals surface area contributed by atoms with Gasteiger partial charge in [0.15, 0.2) is 0 Å². The number of rotatable bonds is 2. The Kier molecular flexibility index (Phi) is 2.97. The number of hydroxylamine groups is 1. The molecule has 2 aromatic rings. The molecule has 1 heterocycles. The second-order valence-electron chi connectivity index (χ2n) is 4.57. The molecule has 1 amide bonds. The van der Waals surface area contributed by atoms with Gasteiger partial charge in [0.2, 0.25) is 5.91 Å². The van der Waals surface area contributed by atoms with Gasteiger partial charge in [-0.3, -0.25) is 20.0 Å². The Morgan fingerprint density at radius 1 is 1.26 bits per heavy atom. The number of benzene rings is 1. The molecule has 1 atom stereocenters. The van der Waals surface area contributed by atoms with Crippen molar-refractivity contribution < 1.29 is 10.0 Å². The van der Waals surface area contributed by atoms with Crippen LogP contribution in [0.15, 0.2) is 36.7 Å². The van der Waals surface area contributed by atoms with Crippen LogP contribution in [0.5, 0.6) is 0 Å². The normalized spacial score (nSPS) is 18.4. The van der Waals surface area contributed by atoms with Crippen LogP contribution in [0.4, 0.5) is 0 Å². The van der Waals surface area contributed by atoms with E-state index in [1.165, 1.54) is 0 Å². The minimum Gasteiger partial charge on any atom is -0.289 e. The van der Waals surface area contributed by atoms with Gasteiger partial charge in [0, 0.05) is 12.4 Å². The maximum Gasteiger partial charge on any atom is 0.250 e. The minimum absolute atomic E-state index is 0.252. The highest BCUT2D eigenvalue weighted by Crippen LogP contribution is 2.32. The van der Waals surface area contributed by atoms with Crippen LogP contribution < -0.4 is 5.48 Å². The first-order valence-electron chi connectivity index (χ1n) is 6.14. The van der Waals surface area contributed by atoms with Crippen molar-refractivity contribution in [3.05, 3.63) is 42.2 Å². The molecule has 1 aromatic heterocycles. The Balaban J connectivity index is 1.94. The Hall–Kier alpha value is -2.27. The van der Waals surface area contributed by atoms with Crippen LogP contribution in [0, 0.1) is 5.92 Å². The van der Waals surface area contributed by atoms with Gasteiger partial charge in [0.25, 0.3) is 0 Å². The predicted molar refractivity (Wildman–Crippen MR) is 70.2 cm³/mol. The smallest absolute Gasteiger partial charge is 0.250 e. The van der Waals surface area contributed by atoms with Crippen molar-refractivity contribution in [3.8, 4) is 0 Å². The fraction of sp³-hybridized carbons (Fsp3) is 0.214. The van der Waals surface area contributed by atoms with Crippen molar-refractivity contribution >= 4 is 22.5 Å². The summed E-state index contributed by atoms with van der Waals surface area (Å²) in [5, 5.41) is 8.65. The van der Waals surface area contributed by atoms with Crippen LogP contribution in [0.25, 0.3) is 16.6 Å². The van der Waals surface area contributed by atoms with Gasteiger partial charge in [-0.1, -0.05) is 12.1 Å². The number of hydrogen-bond donors (Lipinski definition) is 2. The molecule has 0 bridgehead atoms. The first kappa shape index (κ1) is 11.8. The fourth-order valence-electron chi connectivity index (χ4n) is 2.41. The molecule has 0 radical (unpaired) electrons. The van der Waals surface area contributed by atoms with E-state index >= 15 is 0 Å². The van der Waals surface area contributed by atoms with Gasteiger partial charge in [-0.25, -0.2) is 5.48 Å². The number of nitrogens with one attached hydrogen (secondary N) is 1. The molecule has 96 valence electrons. The fourth-order valence-corrected chi connectivity index (χ4v) is 2.41. The largest absolute Gasteiger partial charge is 0.289 e. The Labute approximate surface area is 110 Å². The van der Waals surface area contributed by atoms with E-state index in [2.05, 4.69) is 9.97 Å². The molecule has 1 aliphatic rings. The molecular weight excluding hydrogens is 242 g/mol. The van der Waals surface area contributed by atoms with Crippen molar-refractivity contribution in [1.29, 1.82) is 0 Å². The molecule has 0 spiro atoms. The molecule has 0 fully saturated rings. The van der Waals surface area contributed by atoms with E-state index < -0.39 is 0 Å². The second-order valence-corrected chi connectivity index (χ2v) is 4.57. The molecule has 0 saturated carbocycles. The molecule has 1 aromatic carbocycles. The predicted octanol–water partition coefficient (Wildman–Crippen LogP) is 1.93. The summed E-state index contributed by atoms with van der Waals surface area (Å²) >= 11 is 0. The lowest BCUT2D eigenvalue weighted by molar-refractivity contribution is -0.131. The lowest BCUT2D eigenvalue weighted by Crippen LogP contribution is -2.25. The van der Waals surface area contributed by atoms with Crippen LogP contribution in [0.3, 0.4) is 0 Å². The third-order valence-electron chi connectivity index (χ3n) is 3.41. The molecular formula is C14H13N3O2. The van der Waals surface area contributed by atoms with Crippen LogP contribution in [-0.4, -0.2) is 21.1 Å². The molecule has 5 nitrogen and oxygen atoms in total. The van der Waals surface area contributed by atoms with Crippen molar-refractivity contribution in [1.82, 2.24) is 15.4 Å². The second kappa shape index (κ2) is 4.78. The molecule has 1 unspecified atom stereocenters. The molecule has 0 aliphatic heterocycles. The summed E-state index contributed by atoms with van der Waals surface area (Å²) in [6.07, 6.45) is 6.78. The highest BCUT2D eigenvalue weighted by molar-refractivity contribution is 5.86. The maximum atomic E-state index is 11.4. The summed E-state index contributed by atoms with van der Waals surface area (Å²) in [5.74, 6) is -0.604. The average molecular weight is 255 g/mol. The van der Waals surface area contributed by atoms with Crippen LogP contribution in [0.1, 0.15) is 18.4 Å². The Morgan fingerprint density at radius 3 is 2.84 bits per heavy atom. The minimum atomic E-state index is -0.351. The van der Waals surface area contributed by atoms with Crippen LogP contribution >= 0.6 is 0 Å². The highest BCUT2D eigenvalue weighted by Gasteiger charge is 2.23. The van der Waals surface area contributed by atoms with Gasteiger partial charge in [-0.05, 0) is 36.1 Å². The lowest BCUT2D eigenvalue weighted by Gasteiger charge is -2.03. The Bertz CT molecular complexity index is 667. The van der Waals surface area contributed by atoms with Gasteiger partial charge < -0.3 is 0 Å². The molecule has 2 N–H and O–H groups in total. The zero-order valence-electron chi connectivity index (χ0n) is 10.2. The highest BCUT2D eigenvalue weighted by atomic mass is 16.5. The van der Waals surface area contributed by atoms with Crippen molar-refractivity contribution in [2.75, 3.05) is 0 Å². The summed E-state index contributed by atoms with van der Waals surface area (Å²) in [7, 11) is 0. The van der Waals surface area contributed by atoms with E-state index in [9.17, 15) is 4.79 Å². The summed E-state index contributed by atoms with van der Waals surface area (Å²) in [4.78, 5) is 19.9. The number of fused-ring (bicyclic) bond motifs is 1. The number of hydrogen-bond acceptors (Lipinski definition) is 4. The van der Waals surface area contributed by atoms with E-state index in [1.54, 1.807) is 17.9 Å². The average Bonchev–Trinajstić information content (AvgIpc) is 2.95. The number of allylic oxidation sites excluding steroid dienone is 1. The van der Waals surface area contributed by atoms with Crippen molar-refractivity contribution in [3.63, 3.8) is 0 Å². The molecule has 5 heteroatoms. The standard InChI is InChI=1S/C14H13N3O2/c18-14(17-19)11-2-1-9(7-11)10-3-4-12-13(8-10)16-6-5-15-12/h3-8,11,19H,1-2H2,(H,17,18). The van der Waals surface area contributed by atoms with Gasteiger partial charge in [-0.15, -0.1) is 0 Å². The number of carbonyl (C=O) groups excluding carboxylic acids is 1. The number of amides is 1. The summed E-state index contributed by atoms with van der Waals surface area (Å²) in [5.41, 5.74) is 5.57. The molecule has 3 rings (SSSR count). The van der Waals surface area contributed by atoms with Crippen molar-refractivity contribution in [2.24, 2.45) is 5.92 Å². The van der Waals surface area contributed by atoms with Crippen LogP contribution in [-0.2, 0) is 4.79 Å². The zero-order valence-corrected chi connectivity index (χ0v) is 10.2. The van der Waals surface area contributed by atoms with Gasteiger partial charge in [0.1, 0.15) is 0 Å². The maximum absolute atomic E-state index is 11.4.